The van der Waals surface area contributed by atoms with E-state index < -0.39 is 23.9 Å². The average Bonchev–Trinajstić information content (AvgIpc) is 2.93. The van der Waals surface area contributed by atoms with Gasteiger partial charge >= 0.3 is 5.97 Å². The third-order valence-electron chi connectivity index (χ3n) is 4.35. The van der Waals surface area contributed by atoms with E-state index in [9.17, 15) is 19.8 Å². The molecule has 4 atom stereocenters. The number of nitrogens with zero attached hydrogens (tertiary/aromatic N) is 1. The SMILES string of the molecule is CCC1C[C@H](C(=O)N2CCC(O)C2)[C@H](C(=O)O)C1. The topological polar surface area (TPSA) is 77.8 Å². The Bertz CT molecular complexity index is 344. The van der Waals surface area contributed by atoms with Gasteiger partial charge in [0.1, 0.15) is 0 Å². The second-order valence-electron chi connectivity index (χ2n) is 5.52. The fourth-order valence-corrected chi connectivity index (χ4v) is 3.20. The van der Waals surface area contributed by atoms with Crippen molar-refractivity contribution in [1.82, 2.24) is 4.90 Å². The lowest BCUT2D eigenvalue weighted by atomic mass is 9.95. The summed E-state index contributed by atoms with van der Waals surface area (Å²) in [5.41, 5.74) is 0. The Balaban J connectivity index is 2.05. The lowest BCUT2D eigenvalue weighted by molar-refractivity contribution is -0.148. The van der Waals surface area contributed by atoms with Gasteiger partial charge < -0.3 is 15.1 Å². The van der Waals surface area contributed by atoms with Gasteiger partial charge in [-0.15, -0.1) is 0 Å². The van der Waals surface area contributed by atoms with Crippen molar-refractivity contribution >= 4 is 11.9 Å². The molecule has 0 spiro atoms. The van der Waals surface area contributed by atoms with E-state index in [1.165, 1.54) is 0 Å². The van der Waals surface area contributed by atoms with E-state index in [-0.39, 0.29) is 5.91 Å². The Morgan fingerprint density at radius 1 is 1.28 bits per heavy atom. The molecule has 2 aliphatic rings. The number of carbonyl (C=O) groups excluding carboxylic acids is 1. The minimum absolute atomic E-state index is 0.0742. The molecule has 1 heterocycles. The monoisotopic (exact) mass is 255 g/mol. The summed E-state index contributed by atoms with van der Waals surface area (Å²) in [5.74, 6) is -1.52. The molecule has 0 aromatic carbocycles. The molecular formula is C13H21NO4. The minimum Gasteiger partial charge on any atom is -0.481 e. The predicted octanol–water partition coefficient (Wildman–Crippen LogP) is 0.717. The van der Waals surface area contributed by atoms with Crippen molar-refractivity contribution < 1.29 is 19.8 Å². The number of β-amino-alcohol motifs (C(OH)–C–C–N with tert-alkyl or cyclic N) is 1. The summed E-state index contributed by atoms with van der Waals surface area (Å²) < 4.78 is 0. The number of amides is 1. The summed E-state index contributed by atoms with van der Waals surface area (Å²) in [7, 11) is 0. The molecule has 5 nitrogen and oxygen atoms in total. The molecule has 2 unspecified atom stereocenters. The van der Waals surface area contributed by atoms with Crippen LogP contribution < -0.4 is 0 Å². The maximum Gasteiger partial charge on any atom is 0.307 e. The first kappa shape index (κ1) is 13.3. The molecule has 102 valence electrons. The summed E-state index contributed by atoms with van der Waals surface area (Å²) in [6, 6.07) is 0. The zero-order valence-electron chi connectivity index (χ0n) is 10.7. The van der Waals surface area contributed by atoms with Crippen LogP contribution in [0.4, 0.5) is 0 Å². The van der Waals surface area contributed by atoms with Crippen molar-refractivity contribution in [3.8, 4) is 0 Å². The zero-order chi connectivity index (χ0) is 13.3. The number of carboxylic acids is 1. The minimum atomic E-state index is -0.857. The van der Waals surface area contributed by atoms with Crippen LogP contribution in [0.5, 0.6) is 0 Å². The summed E-state index contributed by atoms with van der Waals surface area (Å²) in [4.78, 5) is 25.2. The highest BCUT2D eigenvalue weighted by molar-refractivity contribution is 5.85. The number of hydrogen-bond acceptors (Lipinski definition) is 3. The van der Waals surface area contributed by atoms with Gasteiger partial charge in [0.05, 0.1) is 17.9 Å². The molecule has 1 saturated heterocycles. The van der Waals surface area contributed by atoms with Crippen LogP contribution in [0.1, 0.15) is 32.6 Å². The van der Waals surface area contributed by atoms with E-state index >= 15 is 0 Å². The van der Waals surface area contributed by atoms with E-state index in [0.717, 1.165) is 6.42 Å². The number of aliphatic carboxylic acids is 1. The third kappa shape index (κ3) is 2.51. The Morgan fingerprint density at radius 3 is 2.44 bits per heavy atom. The number of rotatable bonds is 3. The molecule has 0 aromatic heterocycles. The lowest BCUT2D eigenvalue weighted by Crippen LogP contribution is -2.38. The molecule has 5 heteroatoms. The maximum atomic E-state index is 12.3. The molecule has 1 aliphatic carbocycles. The third-order valence-corrected chi connectivity index (χ3v) is 4.35. The molecular weight excluding hydrogens is 234 g/mol. The molecule has 2 fully saturated rings. The van der Waals surface area contributed by atoms with Gasteiger partial charge in [0.25, 0.3) is 0 Å². The number of aliphatic hydroxyl groups is 1. The number of hydrogen-bond donors (Lipinski definition) is 2. The van der Waals surface area contributed by atoms with E-state index in [1.807, 2.05) is 6.92 Å². The highest BCUT2D eigenvalue weighted by atomic mass is 16.4. The van der Waals surface area contributed by atoms with Crippen LogP contribution in [0.2, 0.25) is 0 Å². The smallest absolute Gasteiger partial charge is 0.307 e. The molecule has 18 heavy (non-hydrogen) atoms. The molecule has 1 saturated carbocycles. The van der Waals surface area contributed by atoms with Crippen LogP contribution in [0.3, 0.4) is 0 Å². The van der Waals surface area contributed by atoms with E-state index in [0.29, 0.717) is 38.3 Å². The Kier molecular flexibility index (Phi) is 3.90. The van der Waals surface area contributed by atoms with Crippen molar-refractivity contribution in [3.05, 3.63) is 0 Å². The van der Waals surface area contributed by atoms with Crippen LogP contribution in [0.25, 0.3) is 0 Å². The standard InChI is InChI=1S/C13H21NO4/c1-2-8-5-10(11(6-8)13(17)18)12(16)14-4-3-9(15)7-14/h8-11,15H,2-7H2,1H3,(H,17,18)/t8?,9?,10-,11+/m0/s1. The van der Waals surface area contributed by atoms with Crippen molar-refractivity contribution in [2.24, 2.45) is 17.8 Å². The summed E-state index contributed by atoms with van der Waals surface area (Å²) in [6.07, 6.45) is 2.38. The van der Waals surface area contributed by atoms with E-state index in [4.69, 9.17) is 0 Å². The summed E-state index contributed by atoms with van der Waals surface area (Å²) in [5, 5.41) is 18.7. The van der Waals surface area contributed by atoms with Crippen molar-refractivity contribution in [2.45, 2.75) is 38.7 Å². The lowest BCUT2D eigenvalue weighted by Gasteiger charge is -2.22. The van der Waals surface area contributed by atoms with Gasteiger partial charge in [-0.3, -0.25) is 9.59 Å². The largest absolute Gasteiger partial charge is 0.481 e. The highest BCUT2D eigenvalue weighted by Gasteiger charge is 2.44. The second-order valence-corrected chi connectivity index (χ2v) is 5.52. The molecule has 2 N–H and O–H groups in total. The fourth-order valence-electron chi connectivity index (χ4n) is 3.20. The van der Waals surface area contributed by atoms with E-state index in [1.54, 1.807) is 4.90 Å². The predicted molar refractivity (Wildman–Crippen MR) is 64.8 cm³/mol. The van der Waals surface area contributed by atoms with Crippen molar-refractivity contribution in [2.75, 3.05) is 13.1 Å². The maximum absolute atomic E-state index is 12.3. The summed E-state index contributed by atoms with van der Waals surface area (Å²) in [6.45, 7) is 2.95. The van der Waals surface area contributed by atoms with Gasteiger partial charge in [-0.1, -0.05) is 13.3 Å². The van der Waals surface area contributed by atoms with E-state index in [2.05, 4.69) is 0 Å². The Labute approximate surface area is 107 Å². The quantitative estimate of drug-likeness (QED) is 0.779. The van der Waals surface area contributed by atoms with Crippen LogP contribution in [0.15, 0.2) is 0 Å². The average molecular weight is 255 g/mol. The highest BCUT2D eigenvalue weighted by Crippen LogP contribution is 2.39. The first-order valence-electron chi connectivity index (χ1n) is 6.72. The number of aliphatic hydroxyl groups excluding tert-OH is 1. The first-order valence-corrected chi connectivity index (χ1v) is 6.72. The van der Waals surface area contributed by atoms with Gasteiger partial charge in [0.15, 0.2) is 0 Å². The van der Waals surface area contributed by atoms with Crippen molar-refractivity contribution in [3.63, 3.8) is 0 Å². The molecule has 0 radical (unpaired) electrons. The molecule has 1 amide bonds. The zero-order valence-corrected chi connectivity index (χ0v) is 10.7. The first-order chi connectivity index (χ1) is 8.52. The Hall–Kier alpha value is -1.10. The summed E-state index contributed by atoms with van der Waals surface area (Å²) >= 11 is 0. The second kappa shape index (κ2) is 5.26. The number of carboxylic acid groups (broad SMARTS) is 1. The number of likely N-dealkylation sites (tertiary alicyclic amines) is 1. The molecule has 0 bridgehead atoms. The van der Waals surface area contributed by atoms with Crippen LogP contribution in [0, 0.1) is 17.8 Å². The molecule has 1 aliphatic heterocycles. The van der Waals surface area contributed by atoms with Gasteiger partial charge in [0, 0.05) is 13.1 Å². The van der Waals surface area contributed by atoms with Crippen LogP contribution in [-0.2, 0) is 9.59 Å². The normalized spacial score (nSPS) is 36.0. The molecule has 0 aromatic rings. The van der Waals surface area contributed by atoms with Gasteiger partial charge in [-0.25, -0.2) is 0 Å². The fraction of sp³-hybridized carbons (Fsp3) is 0.846. The van der Waals surface area contributed by atoms with Crippen LogP contribution >= 0.6 is 0 Å². The van der Waals surface area contributed by atoms with Gasteiger partial charge in [-0.2, -0.15) is 0 Å². The number of carbonyl (C=O) groups is 2. The Morgan fingerprint density at radius 2 is 1.94 bits per heavy atom. The van der Waals surface area contributed by atoms with Gasteiger partial charge in [-0.05, 0) is 25.2 Å². The van der Waals surface area contributed by atoms with Crippen LogP contribution in [-0.4, -0.2) is 46.2 Å². The van der Waals surface area contributed by atoms with Crippen molar-refractivity contribution in [1.29, 1.82) is 0 Å². The molecule has 2 rings (SSSR count). The van der Waals surface area contributed by atoms with Gasteiger partial charge in [0.2, 0.25) is 5.91 Å².